The van der Waals surface area contributed by atoms with Crippen LogP contribution in [0.4, 0.5) is 0 Å². The molecule has 5 heteroatoms. The fourth-order valence-corrected chi connectivity index (χ4v) is 2.29. The van der Waals surface area contributed by atoms with Crippen molar-refractivity contribution in [3.05, 3.63) is 46.0 Å². The molecule has 20 heavy (non-hydrogen) atoms. The summed E-state index contributed by atoms with van der Waals surface area (Å²) in [6.45, 7) is 8.52. The minimum absolute atomic E-state index is 0.126. The van der Waals surface area contributed by atoms with Gasteiger partial charge in [0.2, 0.25) is 0 Å². The Bertz CT molecular complexity index is 597. The second-order valence-corrected chi connectivity index (χ2v) is 6.46. The predicted molar refractivity (Wildman–Crippen MR) is 78.9 cm³/mol. The Morgan fingerprint density at radius 2 is 1.90 bits per heavy atom. The zero-order chi connectivity index (χ0) is 14.8. The Morgan fingerprint density at radius 3 is 2.40 bits per heavy atom. The first-order valence-corrected chi connectivity index (χ1v) is 7.21. The summed E-state index contributed by atoms with van der Waals surface area (Å²) in [6, 6.07) is 8.13. The average Bonchev–Trinajstić information content (AvgIpc) is 2.82. The standard InChI is InChI=1S/C15H18N2O2S/c1-10-13(20-17-16-10)14(18)19-9-11-5-7-12(8-6-11)15(2,3)4/h5-8H,9H2,1-4H3. The van der Waals surface area contributed by atoms with Crippen molar-refractivity contribution in [2.45, 2.75) is 39.7 Å². The molecular weight excluding hydrogens is 272 g/mol. The average molecular weight is 290 g/mol. The normalized spacial score (nSPS) is 11.4. The van der Waals surface area contributed by atoms with Crippen molar-refractivity contribution in [3.63, 3.8) is 0 Å². The lowest BCUT2D eigenvalue weighted by Gasteiger charge is -2.19. The number of aromatic nitrogens is 2. The molecule has 0 radical (unpaired) electrons. The number of ether oxygens (including phenoxy) is 1. The van der Waals surface area contributed by atoms with Gasteiger partial charge in [0.05, 0.1) is 5.69 Å². The summed E-state index contributed by atoms with van der Waals surface area (Å²) in [5.41, 5.74) is 2.97. The van der Waals surface area contributed by atoms with Crippen molar-refractivity contribution in [1.82, 2.24) is 9.59 Å². The molecular formula is C15H18N2O2S. The van der Waals surface area contributed by atoms with Crippen LogP contribution < -0.4 is 0 Å². The molecule has 0 fully saturated rings. The second-order valence-electron chi connectivity index (χ2n) is 5.71. The molecule has 1 heterocycles. The van der Waals surface area contributed by atoms with E-state index in [1.165, 1.54) is 5.56 Å². The van der Waals surface area contributed by atoms with Gasteiger partial charge >= 0.3 is 5.97 Å². The minimum atomic E-state index is -0.364. The second kappa shape index (κ2) is 5.71. The summed E-state index contributed by atoms with van der Waals surface area (Å²) >= 11 is 1.06. The summed E-state index contributed by atoms with van der Waals surface area (Å²) in [7, 11) is 0. The molecule has 0 unspecified atom stereocenters. The van der Waals surface area contributed by atoms with Gasteiger partial charge in [-0.25, -0.2) is 4.79 Å². The fourth-order valence-electron chi connectivity index (χ4n) is 1.73. The van der Waals surface area contributed by atoms with Crippen LogP contribution in [-0.2, 0) is 16.8 Å². The van der Waals surface area contributed by atoms with Crippen molar-refractivity contribution in [2.24, 2.45) is 0 Å². The lowest BCUT2D eigenvalue weighted by molar-refractivity contribution is 0.0477. The lowest BCUT2D eigenvalue weighted by atomic mass is 9.87. The Morgan fingerprint density at radius 1 is 1.25 bits per heavy atom. The van der Waals surface area contributed by atoms with Crippen molar-refractivity contribution in [1.29, 1.82) is 0 Å². The van der Waals surface area contributed by atoms with Crippen LogP contribution in [0.25, 0.3) is 0 Å². The van der Waals surface area contributed by atoms with E-state index < -0.39 is 0 Å². The first kappa shape index (κ1) is 14.7. The van der Waals surface area contributed by atoms with Crippen LogP contribution in [0, 0.1) is 6.92 Å². The van der Waals surface area contributed by atoms with E-state index in [0.29, 0.717) is 10.6 Å². The summed E-state index contributed by atoms with van der Waals surface area (Å²) in [6.07, 6.45) is 0. The topological polar surface area (TPSA) is 52.1 Å². The number of aryl methyl sites for hydroxylation is 1. The molecule has 0 saturated carbocycles. The summed E-state index contributed by atoms with van der Waals surface area (Å²) < 4.78 is 9.00. The number of carbonyl (C=O) groups excluding carboxylic acids is 1. The highest BCUT2D eigenvalue weighted by atomic mass is 32.1. The Labute approximate surface area is 123 Å². The van der Waals surface area contributed by atoms with Crippen LogP contribution in [0.2, 0.25) is 0 Å². The van der Waals surface area contributed by atoms with Crippen LogP contribution in [0.5, 0.6) is 0 Å². The maximum Gasteiger partial charge on any atom is 0.352 e. The maximum atomic E-state index is 11.8. The van der Waals surface area contributed by atoms with E-state index in [1.54, 1.807) is 6.92 Å². The molecule has 0 saturated heterocycles. The van der Waals surface area contributed by atoms with E-state index >= 15 is 0 Å². The Balaban J connectivity index is 1.98. The summed E-state index contributed by atoms with van der Waals surface area (Å²) in [4.78, 5) is 12.3. The van der Waals surface area contributed by atoms with Crippen molar-refractivity contribution in [2.75, 3.05) is 0 Å². The first-order chi connectivity index (χ1) is 9.38. The monoisotopic (exact) mass is 290 g/mol. The molecule has 0 aliphatic heterocycles. The molecule has 1 aromatic heterocycles. The highest BCUT2D eigenvalue weighted by Gasteiger charge is 2.15. The molecule has 2 aromatic rings. The quantitative estimate of drug-likeness (QED) is 0.812. The van der Waals surface area contributed by atoms with Gasteiger partial charge in [-0.1, -0.05) is 49.5 Å². The Hall–Kier alpha value is -1.75. The minimum Gasteiger partial charge on any atom is -0.457 e. The molecule has 2 rings (SSSR count). The van der Waals surface area contributed by atoms with Gasteiger partial charge < -0.3 is 4.74 Å². The number of nitrogens with zero attached hydrogens (tertiary/aromatic N) is 2. The summed E-state index contributed by atoms with van der Waals surface area (Å²) in [5.74, 6) is -0.364. The van der Waals surface area contributed by atoms with E-state index in [0.717, 1.165) is 17.1 Å². The molecule has 0 atom stereocenters. The van der Waals surface area contributed by atoms with Gasteiger partial charge in [0, 0.05) is 0 Å². The number of hydrogen-bond donors (Lipinski definition) is 0. The van der Waals surface area contributed by atoms with Crippen LogP contribution in [0.3, 0.4) is 0 Å². The van der Waals surface area contributed by atoms with Crippen molar-refractivity contribution >= 4 is 17.5 Å². The predicted octanol–water partition coefficient (Wildman–Crippen LogP) is 3.50. The van der Waals surface area contributed by atoms with Gasteiger partial charge in [0.15, 0.2) is 4.88 Å². The van der Waals surface area contributed by atoms with Crippen molar-refractivity contribution < 1.29 is 9.53 Å². The molecule has 0 amide bonds. The number of hydrogen-bond acceptors (Lipinski definition) is 5. The third-order valence-corrected chi connectivity index (χ3v) is 3.83. The van der Waals surface area contributed by atoms with Gasteiger partial charge in [-0.3, -0.25) is 0 Å². The van der Waals surface area contributed by atoms with Gasteiger partial charge in [0.1, 0.15) is 6.61 Å². The highest BCUT2D eigenvalue weighted by Crippen LogP contribution is 2.22. The largest absolute Gasteiger partial charge is 0.457 e. The third kappa shape index (κ3) is 3.42. The van der Waals surface area contributed by atoms with Gasteiger partial charge in [-0.2, -0.15) is 0 Å². The maximum absolute atomic E-state index is 11.8. The molecule has 0 aliphatic carbocycles. The SMILES string of the molecule is Cc1nnsc1C(=O)OCc1ccc(C(C)(C)C)cc1. The highest BCUT2D eigenvalue weighted by molar-refractivity contribution is 7.07. The Kier molecular flexibility index (Phi) is 4.18. The van der Waals surface area contributed by atoms with Crippen molar-refractivity contribution in [3.8, 4) is 0 Å². The third-order valence-electron chi connectivity index (χ3n) is 3.03. The van der Waals surface area contributed by atoms with E-state index in [9.17, 15) is 4.79 Å². The lowest BCUT2D eigenvalue weighted by Crippen LogP contribution is -2.11. The van der Waals surface area contributed by atoms with Crippen LogP contribution >= 0.6 is 11.5 Å². The molecule has 106 valence electrons. The number of carbonyl (C=O) groups is 1. The van der Waals surface area contributed by atoms with E-state index in [-0.39, 0.29) is 18.0 Å². The van der Waals surface area contributed by atoms with E-state index in [4.69, 9.17) is 4.74 Å². The molecule has 0 bridgehead atoms. The molecule has 0 spiro atoms. The number of esters is 1. The zero-order valence-electron chi connectivity index (χ0n) is 12.1. The number of benzene rings is 1. The molecule has 1 aromatic carbocycles. The van der Waals surface area contributed by atoms with Gasteiger partial charge in [-0.05, 0) is 35.0 Å². The smallest absolute Gasteiger partial charge is 0.352 e. The first-order valence-electron chi connectivity index (χ1n) is 6.43. The fraction of sp³-hybridized carbons (Fsp3) is 0.400. The number of rotatable bonds is 3. The van der Waals surface area contributed by atoms with Gasteiger partial charge in [0.25, 0.3) is 0 Å². The molecule has 0 N–H and O–H groups in total. The van der Waals surface area contributed by atoms with E-state index in [2.05, 4.69) is 42.5 Å². The summed E-state index contributed by atoms with van der Waals surface area (Å²) in [5, 5.41) is 3.80. The van der Waals surface area contributed by atoms with Crippen LogP contribution in [-0.4, -0.2) is 15.6 Å². The van der Waals surface area contributed by atoms with Crippen LogP contribution in [0.15, 0.2) is 24.3 Å². The zero-order valence-corrected chi connectivity index (χ0v) is 13.0. The van der Waals surface area contributed by atoms with Gasteiger partial charge in [-0.15, -0.1) is 5.10 Å². The van der Waals surface area contributed by atoms with E-state index in [1.807, 2.05) is 12.1 Å². The molecule has 0 aliphatic rings. The van der Waals surface area contributed by atoms with Crippen LogP contribution in [0.1, 0.15) is 47.3 Å². The molecule has 4 nitrogen and oxygen atoms in total.